The van der Waals surface area contributed by atoms with Gasteiger partial charge in [-0.1, -0.05) is 19.8 Å². The molecule has 0 atom stereocenters. The molecule has 3 N–H and O–H groups in total. The van der Waals surface area contributed by atoms with Crippen LogP contribution in [0.15, 0.2) is 17.8 Å². The van der Waals surface area contributed by atoms with E-state index in [9.17, 15) is 4.79 Å². The second-order valence-corrected chi connectivity index (χ2v) is 6.72. The number of carbonyl (C=O) groups is 1. The Bertz CT molecular complexity index is 601. The standard InChI is InChI=1S/C14H19N5OS/c1-14(4-2-3-5-14)9-16-13(20)18-10-8-17-19-11(10)12-15-6-7-21-12/h6-8H,2-5,9H2,1H3,(H,17,19)(H2,16,18,20). The van der Waals surface area contributed by atoms with Crippen LogP contribution in [0.4, 0.5) is 10.5 Å². The molecular weight excluding hydrogens is 286 g/mol. The molecule has 2 aromatic heterocycles. The SMILES string of the molecule is CC1(CNC(=O)Nc2cn[nH]c2-c2nccs2)CCCC1. The van der Waals surface area contributed by atoms with Gasteiger partial charge in [0.2, 0.25) is 0 Å². The minimum atomic E-state index is -0.192. The van der Waals surface area contributed by atoms with Gasteiger partial charge < -0.3 is 10.6 Å². The fourth-order valence-electron chi connectivity index (χ4n) is 2.76. The summed E-state index contributed by atoms with van der Waals surface area (Å²) in [5.41, 5.74) is 1.64. The highest BCUT2D eigenvalue weighted by Gasteiger charge is 2.28. The fraction of sp³-hybridized carbons (Fsp3) is 0.500. The number of nitrogens with zero attached hydrogens (tertiary/aromatic N) is 2. The first-order valence-corrected chi connectivity index (χ1v) is 8.02. The predicted octanol–water partition coefficient (Wildman–Crippen LogP) is 3.24. The highest BCUT2D eigenvalue weighted by molar-refractivity contribution is 7.13. The van der Waals surface area contributed by atoms with Gasteiger partial charge in [-0.15, -0.1) is 11.3 Å². The van der Waals surface area contributed by atoms with E-state index in [2.05, 4.69) is 32.7 Å². The monoisotopic (exact) mass is 305 g/mol. The number of urea groups is 1. The normalized spacial score (nSPS) is 16.8. The lowest BCUT2D eigenvalue weighted by atomic mass is 9.89. The number of hydrogen-bond donors (Lipinski definition) is 3. The quantitative estimate of drug-likeness (QED) is 0.811. The Morgan fingerprint density at radius 1 is 1.48 bits per heavy atom. The molecule has 0 aromatic carbocycles. The second kappa shape index (κ2) is 5.85. The average molecular weight is 305 g/mol. The summed E-state index contributed by atoms with van der Waals surface area (Å²) in [6.45, 7) is 2.95. The van der Waals surface area contributed by atoms with Crippen molar-refractivity contribution in [3.05, 3.63) is 17.8 Å². The van der Waals surface area contributed by atoms with Crippen LogP contribution in [0.1, 0.15) is 32.6 Å². The third-order valence-electron chi connectivity index (χ3n) is 4.02. The van der Waals surface area contributed by atoms with E-state index in [1.807, 2.05) is 5.38 Å². The number of H-pyrrole nitrogens is 1. The lowest BCUT2D eigenvalue weighted by Crippen LogP contribution is -2.36. The molecule has 1 aliphatic carbocycles. The third kappa shape index (κ3) is 3.24. The van der Waals surface area contributed by atoms with Crippen LogP contribution in [0.2, 0.25) is 0 Å². The number of rotatable bonds is 4. The van der Waals surface area contributed by atoms with E-state index in [1.165, 1.54) is 37.0 Å². The smallest absolute Gasteiger partial charge is 0.319 e. The highest BCUT2D eigenvalue weighted by Crippen LogP contribution is 2.36. The van der Waals surface area contributed by atoms with Gasteiger partial charge in [0.1, 0.15) is 10.7 Å². The lowest BCUT2D eigenvalue weighted by Gasteiger charge is -2.23. The van der Waals surface area contributed by atoms with Crippen molar-refractivity contribution in [1.82, 2.24) is 20.5 Å². The van der Waals surface area contributed by atoms with Crippen molar-refractivity contribution in [3.63, 3.8) is 0 Å². The summed E-state index contributed by atoms with van der Waals surface area (Å²) < 4.78 is 0. The molecule has 2 heterocycles. The lowest BCUT2D eigenvalue weighted by molar-refractivity contribution is 0.242. The Labute approximate surface area is 127 Å². The average Bonchev–Trinajstić information content (AvgIpc) is 3.17. The van der Waals surface area contributed by atoms with Crippen molar-refractivity contribution in [2.45, 2.75) is 32.6 Å². The molecular formula is C14H19N5OS. The van der Waals surface area contributed by atoms with Crippen molar-refractivity contribution in [1.29, 1.82) is 0 Å². The molecule has 112 valence electrons. The van der Waals surface area contributed by atoms with Gasteiger partial charge in [0, 0.05) is 18.1 Å². The van der Waals surface area contributed by atoms with Crippen molar-refractivity contribution < 1.29 is 4.79 Å². The first-order valence-electron chi connectivity index (χ1n) is 7.14. The maximum absolute atomic E-state index is 12.1. The number of nitrogens with one attached hydrogen (secondary N) is 3. The maximum Gasteiger partial charge on any atom is 0.319 e. The minimum Gasteiger partial charge on any atom is -0.337 e. The van der Waals surface area contributed by atoms with Gasteiger partial charge in [-0.2, -0.15) is 5.10 Å². The third-order valence-corrected chi connectivity index (χ3v) is 4.81. The van der Waals surface area contributed by atoms with Gasteiger partial charge in [0.25, 0.3) is 0 Å². The Morgan fingerprint density at radius 3 is 3.00 bits per heavy atom. The molecule has 1 fully saturated rings. The molecule has 0 radical (unpaired) electrons. The zero-order chi connectivity index (χ0) is 14.7. The highest BCUT2D eigenvalue weighted by atomic mass is 32.1. The van der Waals surface area contributed by atoms with E-state index in [0.29, 0.717) is 12.2 Å². The molecule has 2 aromatic rings. The molecule has 1 aliphatic rings. The summed E-state index contributed by atoms with van der Waals surface area (Å²) in [5, 5.41) is 15.4. The zero-order valence-electron chi connectivity index (χ0n) is 12.0. The largest absolute Gasteiger partial charge is 0.337 e. The van der Waals surface area contributed by atoms with Crippen LogP contribution in [0.5, 0.6) is 0 Å². The van der Waals surface area contributed by atoms with Crippen molar-refractivity contribution >= 4 is 23.1 Å². The van der Waals surface area contributed by atoms with E-state index in [-0.39, 0.29) is 11.4 Å². The number of carbonyl (C=O) groups excluding carboxylic acids is 1. The molecule has 1 saturated carbocycles. The van der Waals surface area contributed by atoms with Gasteiger partial charge >= 0.3 is 6.03 Å². The molecule has 6 nitrogen and oxygen atoms in total. The van der Waals surface area contributed by atoms with Crippen LogP contribution in [-0.2, 0) is 0 Å². The van der Waals surface area contributed by atoms with E-state index < -0.39 is 0 Å². The fourth-order valence-corrected chi connectivity index (χ4v) is 3.40. The van der Waals surface area contributed by atoms with Crippen LogP contribution < -0.4 is 10.6 Å². The van der Waals surface area contributed by atoms with Crippen LogP contribution >= 0.6 is 11.3 Å². The molecule has 0 saturated heterocycles. The van der Waals surface area contributed by atoms with Gasteiger partial charge in [-0.25, -0.2) is 9.78 Å². The molecule has 0 aliphatic heterocycles. The van der Waals surface area contributed by atoms with E-state index in [0.717, 1.165) is 10.7 Å². The van der Waals surface area contributed by atoms with Crippen molar-refractivity contribution in [2.24, 2.45) is 5.41 Å². The van der Waals surface area contributed by atoms with Gasteiger partial charge in [0.15, 0.2) is 0 Å². The summed E-state index contributed by atoms with van der Waals surface area (Å²) in [6.07, 6.45) is 8.22. The summed E-state index contributed by atoms with van der Waals surface area (Å²) >= 11 is 1.50. The summed E-state index contributed by atoms with van der Waals surface area (Å²) in [7, 11) is 0. The van der Waals surface area contributed by atoms with Crippen molar-refractivity contribution in [2.75, 3.05) is 11.9 Å². The number of aromatic nitrogens is 3. The summed E-state index contributed by atoms with van der Waals surface area (Å²) in [6, 6.07) is -0.192. The first kappa shape index (κ1) is 14.1. The molecule has 0 spiro atoms. The summed E-state index contributed by atoms with van der Waals surface area (Å²) in [4.78, 5) is 16.3. The zero-order valence-corrected chi connectivity index (χ0v) is 12.8. The molecule has 0 bridgehead atoms. The number of aromatic amines is 1. The van der Waals surface area contributed by atoms with Gasteiger partial charge in [-0.3, -0.25) is 5.10 Å². The first-order chi connectivity index (χ1) is 10.2. The minimum absolute atomic E-state index is 0.192. The Balaban J connectivity index is 1.59. The Kier molecular flexibility index (Phi) is 3.92. The van der Waals surface area contributed by atoms with Crippen molar-refractivity contribution in [3.8, 4) is 10.7 Å². The number of thiazole rings is 1. The number of anilines is 1. The molecule has 21 heavy (non-hydrogen) atoms. The summed E-state index contributed by atoms with van der Waals surface area (Å²) in [5.74, 6) is 0. The second-order valence-electron chi connectivity index (χ2n) is 5.82. The number of hydrogen-bond acceptors (Lipinski definition) is 4. The van der Waals surface area contributed by atoms with Gasteiger partial charge in [0.05, 0.1) is 11.9 Å². The molecule has 3 rings (SSSR count). The van der Waals surface area contributed by atoms with E-state index >= 15 is 0 Å². The molecule has 2 amide bonds. The number of amides is 2. The predicted molar refractivity (Wildman–Crippen MR) is 83.3 cm³/mol. The van der Waals surface area contributed by atoms with E-state index in [4.69, 9.17) is 0 Å². The van der Waals surface area contributed by atoms with Gasteiger partial charge in [-0.05, 0) is 18.3 Å². The molecule has 0 unspecified atom stereocenters. The maximum atomic E-state index is 12.1. The Hall–Kier alpha value is -1.89. The van der Waals surface area contributed by atoms with Crippen LogP contribution in [-0.4, -0.2) is 27.8 Å². The van der Waals surface area contributed by atoms with Crippen LogP contribution in [0.25, 0.3) is 10.7 Å². The Morgan fingerprint density at radius 2 is 2.29 bits per heavy atom. The topological polar surface area (TPSA) is 82.7 Å². The van der Waals surface area contributed by atoms with Crippen LogP contribution in [0.3, 0.4) is 0 Å². The van der Waals surface area contributed by atoms with Crippen LogP contribution in [0, 0.1) is 5.41 Å². The van der Waals surface area contributed by atoms with E-state index in [1.54, 1.807) is 12.4 Å². The molecule has 7 heteroatoms.